The normalized spacial score (nSPS) is 10.8. The molecule has 5 nitrogen and oxygen atoms in total. The van der Waals surface area contributed by atoms with E-state index in [-0.39, 0.29) is 5.69 Å². The molecule has 122 valence electrons. The maximum absolute atomic E-state index is 14.2. The van der Waals surface area contributed by atoms with E-state index in [1.807, 2.05) is 19.0 Å². The minimum atomic E-state index is -0.435. The van der Waals surface area contributed by atoms with Crippen molar-refractivity contribution >= 4 is 17.1 Å². The first kappa shape index (κ1) is 16.9. The molecule has 0 N–H and O–H groups in total. The molecule has 6 heteroatoms. The molecule has 0 aliphatic carbocycles. The second-order valence-electron chi connectivity index (χ2n) is 5.51. The van der Waals surface area contributed by atoms with Crippen LogP contribution in [0.3, 0.4) is 0 Å². The van der Waals surface area contributed by atoms with E-state index in [0.29, 0.717) is 17.9 Å². The molecule has 2 aromatic rings. The Bertz CT molecular complexity index is 676. The number of halogens is 1. The summed E-state index contributed by atoms with van der Waals surface area (Å²) in [6.07, 6.45) is 0.757. The number of para-hydroxylation sites is 3. The van der Waals surface area contributed by atoms with Gasteiger partial charge in [0.05, 0.1) is 10.6 Å². The molecule has 2 rings (SSSR count). The minimum Gasteiger partial charge on any atom is -0.333 e. The van der Waals surface area contributed by atoms with E-state index in [2.05, 4.69) is 0 Å². The lowest BCUT2D eigenvalue weighted by molar-refractivity contribution is -0.384. The topological polar surface area (TPSA) is 49.6 Å². The number of anilines is 2. The van der Waals surface area contributed by atoms with Gasteiger partial charge in [0.1, 0.15) is 11.5 Å². The molecule has 0 amide bonds. The van der Waals surface area contributed by atoms with Gasteiger partial charge in [-0.15, -0.1) is 0 Å². The smallest absolute Gasteiger partial charge is 0.292 e. The molecule has 0 aliphatic rings. The van der Waals surface area contributed by atoms with Crippen LogP contribution in [0, 0.1) is 15.9 Å². The standard InChI is InChI=1S/C17H20FN3O2/c1-19(2)12-7-13-20(15-9-4-3-8-14(15)18)16-10-5-6-11-17(16)21(22)23/h3-6,8-11H,7,12-13H2,1-2H3. The van der Waals surface area contributed by atoms with Gasteiger partial charge in [-0.2, -0.15) is 0 Å². The summed E-state index contributed by atoms with van der Waals surface area (Å²) in [6, 6.07) is 12.8. The number of nitrogens with zero attached hydrogens (tertiary/aromatic N) is 3. The van der Waals surface area contributed by atoms with Crippen LogP contribution in [-0.2, 0) is 0 Å². The number of hydrogen-bond donors (Lipinski definition) is 0. The second-order valence-corrected chi connectivity index (χ2v) is 5.51. The molecule has 23 heavy (non-hydrogen) atoms. The summed E-state index contributed by atoms with van der Waals surface area (Å²) in [5.41, 5.74) is 0.725. The summed E-state index contributed by atoms with van der Waals surface area (Å²) in [5, 5.41) is 11.3. The van der Waals surface area contributed by atoms with Crippen molar-refractivity contribution in [1.29, 1.82) is 0 Å². The molecule has 0 bridgehead atoms. The minimum absolute atomic E-state index is 0.0272. The number of hydrogen-bond acceptors (Lipinski definition) is 4. The van der Waals surface area contributed by atoms with Crippen molar-refractivity contribution in [3.05, 3.63) is 64.5 Å². The van der Waals surface area contributed by atoms with Crippen LogP contribution in [0.25, 0.3) is 0 Å². The molecule has 2 aromatic carbocycles. The second kappa shape index (κ2) is 7.69. The molecule has 0 saturated heterocycles. The van der Waals surface area contributed by atoms with Gasteiger partial charge in [0.25, 0.3) is 5.69 Å². The Morgan fingerprint density at radius 3 is 2.22 bits per heavy atom. The fourth-order valence-corrected chi connectivity index (χ4v) is 2.43. The van der Waals surface area contributed by atoms with Gasteiger partial charge in [-0.1, -0.05) is 24.3 Å². The molecule has 0 aliphatic heterocycles. The molecule has 0 radical (unpaired) electrons. The highest BCUT2D eigenvalue weighted by molar-refractivity contribution is 5.72. The van der Waals surface area contributed by atoms with Crippen molar-refractivity contribution in [1.82, 2.24) is 4.90 Å². The summed E-state index contributed by atoms with van der Waals surface area (Å²) in [4.78, 5) is 14.6. The maximum Gasteiger partial charge on any atom is 0.292 e. The third-order valence-corrected chi connectivity index (χ3v) is 3.50. The van der Waals surface area contributed by atoms with Crippen LogP contribution >= 0.6 is 0 Å². The summed E-state index contributed by atoms with van der Waals surface area (Å²) in [7, 11) is 3.91. The molecule has 0 unspecified atom stereocenters. The van der Waals surface area contributed by atoms with Crippen molar-refractivity contribution in [3.8, 4) is 0 Å². The lowest BCUT2D eigenvalue weighted by Crippen LogP contribution is -2.24. The maximum atomic E-state index is 14.2. The van der Waals surface area contributed by atoms with Crippen LogP contribution in [0.1, 0.15) is 6.42 Å². The van der Waals surface area contributed by atoms with Crippen LogP contribution in [0.4, 0.5) is 21.5 Å². The number of benzene rings is 2. The predicted molar refractivity (Wildman–Crippen MR) is 89.7 cm³/mol. The van der Waals surface area contributed by atoms with Crippen LogP contribution in [0.2, 0.25) is 0 Å². The van der Waals surface area contributed by atoms with Gasteiger partial charge < -0.3 is 9.80 Å². The van der Waals surface area contributed by atoms with E-state index in [1.165, 1.54) is 12.1 Å². The molecule has 0 saturated carbocycles. The van der Waals surface area contributed by atoms with Gasteiger partial charge in [-0.05, 0) is 45.3 Å². The van der Waals surface area contributed by atoms with E-state index < -0.39 is 10.7 Å². The summed E-state index contributed by atoms with van der Waals surface area (Å²) in [6.45, 7) is 1.30. The van der Waals surface area contributed by atoms with Crippen LogP contribution in [0.15, 0.2) is 48.5 Å². The van der Waals surface area contributed by atoms with Crippen LogP contribution in [-0.4, -0.2) is 37.0 Å². The van der Waals surface area contributed by atoms with Gasteiger partial charge >= 0.3 is 0 Å². The van der Waals surface area contributed by atoms with Crippen molar-refractivity contribution in [2.24, 2.45) is 0 Å². The Hall–Kier alpha value is -2.47. The lowest BCUT2D eigenvalue weighted by atomic mass is 10.2. The Morgan fingerprint density at radius 1 is 1.00 bits per heavy atom. The Labute approximate surface area is 135 Å². The number of rotatable bonds is 7. The summed E-state index contributed by atoms with van der Waals surface area (Å²) < 4.78 is 14.2. The van der Waals surface area contributed by atoms with Gasteiger partial charge in [0.15, 0.2) is 0 Å². The zero-order valence-electron chi connectivity index (χ0n) is 13.3. The van der Waals surface area contributed by atoms with E-state index in [0.717, 1.165) is 13.0 Å². The first-order valence-corrected chi connectivity index (χ1v) is 7.41. The van der Waals surface area contributed by atoms with E-state index in [4.69, 9.17) is 0 Å². The lowest BCUT2D eigenvalue weighted by Gasteiger charge is -2.25. The van der Waals surface area contributed by atoms with E-state index >= 15 is 0 Å². The molecule has 0 heterocycles. The van der Waals surface area contributed by atoms with Crippen molar-refractivity contribution in [2.75, 3.05) is 32.1 Å². The molecule has 0 atom stereocenters. The quantitative estimate of drug-likeness (QED) is 0.575. The molecule has 0 aromatic heterocycles. The highest BCUT2D eigenvalue weighted by Gasteiger charge is 2.21. The molecule has 0 fully saturated rings. The van der Waals surface area contributed by atoms with Crippen LogP contribution < -0.4 is 4.90 Å². The fourth-order valence-electron chi connectivity index (χ4n) is 2.43. The van der Waals surface area contributed by atoms with Crippen LogP contribution in [0.5, 0.6) is 0 Å². The average Bonchev–Trinajstić information content (AvgIpc) is 2.52. The van der Waals surface area contributed by atoms with Gasteiger partial charge in [-0.25, -0.2) is 4.39 Å². The van der Waals surface area contributed by atoms with E-state index in [9.17, 15) is 14.5 Å². The molecule has 0 spiro atoms. The monoisotopic (exact) mass is 317 g/mol. The SMILES string of the molecule is CN(C)CCCN(c1ccccc1F)c1ccccc1[N+](=O)[O-]. The number of nitro benzene ring substituents is 1. The predicted octanol–water partition coefficient (Wildman–Crippen LogP) is 3.82. The Balaban J connectivity index is 2.42. The fraction of sp³-hybridized carbons (Fsp3) is 0.294. The Morgan fingerprint density at radius 2 is 1.61 bits per heavy atom. The largest absolute Gasteiger partial charge is 0.333 e. The zero-order chi connectivity index (χ0) is 16.8. The average molecular weight is 317 g/mol. The van der Waals surface area contributed by atoms with Crippen molar-refractivity contribution in [3.63, 3.8) is 0 Å². The summed E-state index contributed by atoms with van der Waals surface area (Å²) >= 11 is 0. The summed E-state index contributed by atoms with van der Waals surface area (Å²) in [5.74, 6) is -0.393. The van der Waals surface area contributed by atoms with Gasteiger partial charge in [0.2, 0.25) is 0 Å². The third-order valence-electron chi connectivity index (χ3n) is 3.50. The highest BCUT2D eigenvalue weighted by Crippen LogP contribution is 2.34. The Kier molecular flexibility index (Phi) is 5.65. The first-order valence-electron chi connectivity index (χ1n) is 7.41. The number of nitro groups is 1. The van der Waals surface area contributed by atoms with E-state index in [1.54, 1.807) is 41.3 Å². The molecular weight excluding hydrogens is 297 g/mol. The third kappa shape index (κ3) is 4.26. The van der Waals surface area contributed by atoms with Gasteiger partial charge in [-0.3, -0.25) is 10.1 Å². The van der Waals surface area contributed by atoms with Crippen molar-refractivity contribution < 1.29 is 9.31 Å². The zero-order valence-corrected chi connectivity index (χ0v) is 13.3. The van der Waals surface area contributed by atoms with Crippen molar-refractivity contribution in [2.45, 2.75) is 6.42 Å². The molecular formula is C17H20FN3O2. The first-order chi connectivity index (χ1) is 11.0. The highest BCUT2D eigenvalue weighted by atomic mass is 19.1. The van der Waals surface area contributed by atoms with Gasteiger partial charge in [0, 0.05) is 12.6 Å².